The second-order valence-corrected chi connectivity index (χ2v) is 8.15. The highest BCUT2D eigenvalue weighted by molar-refractivity contribution is 5.49. The Hall–Kier alpha value is -2.34. The van der Waals surface area contributed by atoms with E-state index >= 15 is 0 Å². The standard InChI is InChI=1S/C27H30/c1-20-19-26(21(2)18-25(20)22-12-6-3-7-13-22)27(23-14-8-4-9-15-23)24-16-10-5-11-17-24/h4-5,8-11,14-19,22,27H,3,6-7,12-13H2,1-2H3. The topological polar surface area (TPSA) is 0 Å². The van der Waals surface area contributed by atoms with Crippen LogP contribution in [0.25, 0.3) is 0 Å². The normalized spacial score (nSPS) is 15.2. The Morgan fingerprint density at radius 1 is 0.667 bits per heavy atom. The summed E-state index contributed by atoms with van der Waals surface area (Å²) >= 11 is 0. The largest absolute Gasteiger partial charge is 0.0622 e. The maximum atomic E-state index is 2.50. The van der Waals surface area contributed by atoms with Gasteiger partial charge in [-0.15, -0.1) is 0 Å². The van der Waals surface area contributed by atoms with E-state index in [4.69, 9.17) is 0 Å². The predicted molar refractivity (Wildman–Crippen MR) is 116 cm³/mol. The lowest BCUT2D eigenvalue weighted by Gasteiger charge is -2.27. The van der Waals surface area contributed by atoms with E-state index in [9.17, 15) is 0 Å². The second kappa shape index (κ2) is 8.13. The Morgan fingerprint density at radius 2 is 1.22 bits per heavy atom. The summed E-state index contributed by atoms with van der Waals surface area (Å²) in [6.45, 7) is 4.62. The van der Waals surface area contributed by atoms with E-state index in [0.717, 1.165) is 5.92 Å². The molecule has 0 aliphatic heterocycles. The van der Waals surface area contributed by atoms with E-state index in [1.54, 1.807) is 5.56 Å². The third kappa shape index (κ3) is 3.86. The summed E-state index contributed by atoms with van der Waals surface area (Å²) in [5.41, 5.74) is 8.69. The highest BCUT2D eigenvalue weighted by atomic mass is 14.3. The van der Waals surface area contributed by atoms with Crippen LogP contribution in [0.4, 0.5) is 0 Å². The summed E-state index contributed by atoms with van der Waals surface area (Å²) in [6.07, 6.45) is 6.92. The predicted octanol–water partition coefficient (Wildman–Crippen LogP) is 7.53. The molecule has 3 aromatic carbocycles. The van der Waals surface area contributed by atoms with E-state index in [-0.39, 0.29) is 0 Å². The Kier molecular flexibility index (Phi) is 5.43. The van der Waals surface area contributed by atoms with Gasteiger partial charge in [-0.1, -0.05) is 92.1 Å². The molecule has 0 atom stereocenters. The summed E-state index contributed by atoms with van der Waals surface area (Å²) in [4.78, 5) is 0. The van der Waals surface area contributed by atoms with Crippen molar-refractivity contribution in [2.75, 3.05) is 0 Å². The molecule has 138 valence electrons. The first-order chi connectivity index (χ1) is 13.2. The third-order valence-electron chi connectivity index (χ3n) is 6.28. The van der Waals surface area contributed by atoms with Crippen molar-refractivity contribution in [2.45, 2.75) is 57.8 Å². The van der Waals surface area contributed by atoms with Crippen LogP contribution >= 0.6 is 0 Å². The van der Waals surface area contributed by atoms with E-state index < -0.39 is 0 Å². The van der Waals surface area contributed by atoms with E-state index in [0.29, 0.717) is 5.92 Å². The van der Waals surface area contributed by atoms with Crippen LogP contribution in [0, 0.1) is 13.8 Å². The van der Waals surface area contributed by atoms with Gasteiger partial charge in [0.25, 0.3) is 0 Å². The number of benzene rings is 3. The smallest absolute Gasteiger partial charge is 0.0342 e. The van der Waals surface area contributed by atoms with Gasteiger partial charge in [0.05, 0.1) is 0 Å². The van der Waals surface area contributed by atoms with Gasteiger partial charge >= 0.3 is 0 Å². The summed E-state index contributed by atoms with van der Waals surface area (Å²) < 4.78 is 0. The van der Waals surface area contributed by atoms with Crippen LogP contribution in [0.2, 0.25) is 0 Å². The van der Waals surface area contributed by atoms with E-state index in [1.807, 2.05) is 0 Å². The molecule has 0 aromatic heterocycles. The number of aryl methyl sites for hydroxylation is 2. The molecule has 1 fully saturated rings. The van der Waals surface area contributed by atoms with Gasteiger partial charge in [0, 0.05) is 5.92 Å². The van der Waals surface area contributed by atoms with Crippen molar-refractivity contribution in [3.05, 3.63) is 106 Å². The monoisotopic (exact) mass is 354 g/mol. The first kappa shape index (κ1) is 18.0. The average Bonchev–Trinajstić information content (AvgIpc) is 2.73. The Morgan fingerprint density at radius 3 is 1.78 bits per heavy atom. The molecule has 0 radical (unpaired) electrons. The molecule has 0 spiro atoms. The molecule has 1 saturated carbocycles. The van der Waals surface area contributed by atoms with E-state index in [1.165, 1.54) is 59.9 Å². The maximum Gasteiger partial charge on any atom is 0.0342 e. The molecule has 0 nitrogen and oxygen atoms in total. The molecule has 4 rings (SSSR count). The molecule has 0 saturated heterocycles. The zero-order valence-corrected chi connectivity index (χ0v) is 16.6. The minimum absolute atomic E-state index is 0.298. The van der Waals surface area contributed by atoms with Crippen molar-refractivity contribution in [3.63, 3.8) is 0 Å². The lowest BCUT2D eigenvalue weighted by atomic mass is 9.78. The molecule has 0 amide bonds. The van der Waals surface area contributed by atoms with Gasteiger partial charge in [-0.2, -0.15) is 0 Å². The zero-order valence-electron chi connectivity index (χ0n) is 16.6. The van der Waals surface area contributed by atoms with Crippen molar-refractivity contribution in [2.24, 2.45) is 0 Å². The summed E-state index contributed by atoms with van der Waals surface area (Å²) in [5, 5.41) is 0. The highest BCUT2D eigenvalue weighted by Crippen LogP contribution is 2.39. The molecule has 0 heterocycles. The molecule has 1 aliphatic rings. The van der Waals surface area contributed by atoms with E-state index in [2.05, 4.69) is 86.6 Å². The zero-order chi connectivity index (χ0) is 18.6. The van der Waals surface area contributed by atoms with Crippen molar-refractivity contribution in [1.82, 2.24) is 0 Å². The maximum absolute atomic E-state index is 2.50. The lowest BCUT2D eigenvalue weighted by Crippen LogP contribution is -2.10. The number of rotatable bonds is 4. The van der Waals surface area contributed by atoms with Crippen LogP contribution in [-0.2, 0) is 0 Å². The van der Waals surface area contributed by atoms with Crippen molar-refractivity contribution >= 4 is 0 Å². The second-order valence-electron chi connectivity index (χ2n) is 8.15. The quantitative estimate of drug-likeness (QED) is 0.425. The molecule has 0 heteroatoms. The van der Waals surface area contributed by atoms with Crippen LogP contribution in [-0.4, -0.2) is 0 Å². The summed E-state index contributed by atoms with van der Waals surface area (Å²) in [5.74, 6) is 1.06. The van der Waals surface area contributed by atoms with Crippen LogP contribution in [0.5, 0.6) is 0 Å². The van der Waals surface area contributed by atoms with Crippen molar-refractivity contribution in [1.29, 1.82) is 0 Å². The highest BCUT2D eigenvalue weighted by Gasteiger charge is 2.22. The SMILES string of the molecule is Cc1cc(C(c2ccccc2)c2ccccc2)c(C)cc1C1CCCCC1. The summed E-state index contributed by atoms with van der Waals surface area (Å²) in [6, 6.07) is 26.9. The van der Waals surface area contributed by atoms with Crippen LogP contribution in [0.15, 0.2) is 72.8 Å². The van der Waals surface area contributed by atoms with Gasteiger partial charge in [-0.3, -0.25) is 0 Å². The third-order valence-corrected chi connectivity index (χ3v) is 6.28. The molecular formula is C27H30. The average molecular weight is 355 g/mol. The molecule has 0 unspecified atom stereocenters. The van der Waals surface area contributed by atoms with Crippen LogP contribution in [0.1, 0.15) is 77.3 Å². The Bertz CT molecular complexity index is 831. The molecule has 0 N–H and O–H groups in total. The molecule has 0 bridgehead atoms. The number of hydrogen-bond acceptors (Lipinski definition) is 0. The fourth-order valence-corrected chi connectivity index (χ4v) is 4.87. The first-order valence-corrected chi connectivity index (χ1v) is 10.4. The lowest BCUT2D eigenvalue weighted by molar-refractivity contribution is 0.442. The van der Waals surface area contributed by atoms with Gasteiger partial charge < -0.3 is 0 Å². The van der Waals surface area contributed by atoms with Crippen LogP contribution < -0.4 is 0 Å². The Balaban J connectivity index is 1.79. The minimum atomic E-state index is 0.298. The van der Waals surface area contributed by atoms with Gasteiger partial charge in [0.15, 0.2) is 0 Å². The van der Waals surface area contributed by atoms with Crippen molar-refractivity contribution < 1.29 is 0 Å². The van der Waals surface area contributed by atoms with Gasteiger partial charge in [-0.25, -0.2) is 0 Å². The minimum Gasteiger partial charge on any atom is -0.0622 e. The van der Waals surface area contributed by atoms with Crippen LogP contribution in [0.3, 0.4) is 0 Å². The first-order valence-electron chi connectivity index (χ1n) is 10.4. The van der Waals surface area contributed by atoms with Gasteiger partial charge in [-0.05, 0) is 66.0 Å². The summed E-state index contributed by atoms with van der Waals surface area (Å²) in [7, 11) is 0. The molecule has 3 aromatic rings. The number of hydrogen-bond donors (Lipinski definition) is 0. The van der Waals surface area contributed by atoms with Gasteiger partial charge in [0.1, 0.15) is 0 Å². The fraction of sp³-hybridized carbons (Fsp3) is 0.333. The van der Waals surface area contributed by atoms with Gasteiger partial charge in [0.2, 0.25) is 0 Å². The van der Waals surface area contributed by atoms with Crippen molar-refractivity contribution in [3.8, 4) is 0 Å². The molecular weight excluding hydrogens is 324 g/mol. The Labute approximate surface area is 164 Å². The fourth-order valence-electron chi connectivity index (χ4n) is 4.87. The molecule has 1 aliphatic carbocycles. The molecule has 27 heavy (non-hydrogen) atoms.